The Hall–Kier alpha value is -4.62. The van der Waals surface area contributed by atoms with Crippen LogP contribution in [-0.4, -0.2) is 29.3 Å². The summed E-state index contributed by atoms with van der Waals surface area (Å²) >= 11 is 5.95. The van der Waals surface area contributed by atoms with Gasteiger partial charge >= 0.3 is 0 Å². The van der Waals surface area contributed by atoms with Crippen LogP contribution in [0.25, 0.3) is 5.70 Å². The molecule has 3 aromatic carbocycles. The largest absolute Gasteiger partial charge is 0.497 e. The first-order chi connectivity index (χ1) is 19.2. The second-order valence-corrected chi connectivity index (χ2v) is 10.5. The van der Waals surface area contributed by atoms with Gasteiger partial charge in [0.05, 0.1) is 7.11 Å². The molecule has 1 aromatic heterocycles. The van der Waals surface area contributed by atoms with Crippen molar-refractivity contribution >= 4 is 34.7 Å². The molecule has 8 heteroatoms. The number of ether oxygens (including phenoxy) is 2. The molecule has 0 unspecified atom stereocenters. The summed E-state index contributed by atoms with van der Waals surface area (Å²) < 4.78 is 11.2. The van der Waals surface area contributed by atoms with E-state index in [-0.39, 0.29) is 22.8 Å². The van der Waals surface area contributed by atoms with Crippen LogP contribution in [0.4, 0.5) is 5.69 Å². The fourth-order valence-corrected chi connectivity index (χ4v) is 4.70. The van der Waals surface area contributed by atoms with E-state index in [1.165, 1.54) is 0 Å². The van der Waals surface area contributed by atoms with E-state index in [4.69, 9.17) is 21.1 Å². The number of fused-ring (bicyclic) bond motifs is 1. The predicted octanol–water partition coefficient (Wildman–Crippen LogP) is 6.94. The summed E-state index contributed by atoms with van der Waals surface area (Å²) in [5.41, 5.74) is 3.72. The molecule has 1 aliphatic heterocycles. The monoisotopic (exact) mass is 553 g/mol. The van der Waals surface area contributed by atoms with Gasteiger partial charge in [-0.05, 0) is 86.5 Å². The summed E-state index contributed by atoms with van der Waals surface area (Å²) in [6.45, 7) is 4.19. The van der Waals surface area contributed by atoms with Gasteiger partial charge in [0.15, 0.2) is 5.78 Å². The van der Waals surface area contributed by atoms with E-state index in [9.17, 15) is 9.59 Å². The van der Waals surface area contributed by atoms with Crippen LogP contribution < -0.4 is 20.1 Å². The maximum absolute atomic E-state index is 13.4. The van der Waals surface area contributed by atoms with E-state index in [1.807, 2.05) is 18.2 Å². The molecule has 7 nitrogen and oxygen atoms in total. The van der Waals surface area contributed by atoms with Gasteiger partial charge in [0.1, 0.15) is 17.1 Å². The number of methoxy groups -OCH3 is 1. The average molecular weight is 554 g/mol. The van der Waals surface area contributed by atoms with Gasteiger partial charge in [0.2, 0.25) is 5.88 Å². The third-order valence-electron chi connectivity index (χ3n) is 6.44. The highest BCUT2D eigenvalue weighted by molar-refractivity contribution is 6.30. The Bertz CT molecular complexity index is 1610. The van der Waals surface area contributed by atoms with Crippen LogP contribution in [0, 0.1) is 0 Å². The number of amides is 1. The first kappa shape index (κ1) is 27.0. The van der Waals surface area contributed by atoms with Gasteiger partial charge in [-0.2, -0.15) is 0 Å². The number of nitrogens with zero attached hydrogens (tertiary/aromatic N) is 1. The Kier molecular flexibility index (Phi) is 7.58. The minimum absolute atomic E-state index is 0.152. The number of ketones is 1. The predicted molar refractivity (Wildman–Crippen MR) is 156 cm³/mol. The number of rotatable bonds is 7. The number of hydrogen-bond donors (Lipinski definition) is 2. The first-order valence-electron chi connectivity index (χ1n) is 12.7. The van der Waals surface area contributed by atoms with Crippen LogP contribution >= 0.6 is 11.6 Å². The second-order valence-electron chi connectivity index (χ2n) is 10.1. The van der Waals surface area contributed by atoms with E-state index in [1.54, 1.807) is 80.0 Å². The molecular weight excluding hydrogens is 526 g/mol. The number of allylic oxidation sites excluding steroid dienone is 1. The number of carbonyl (C=O) groups excluding carboxylic acids is 2. The van der Waals surface area contributed by atoms with Crippen LogP contribution in [0.5, 0.6) is 17.4 Å². The lowest BCUT2D eigenvalue weighted by Gasteiger charge is -2.35. The van der Waals surface area contributed by atoms with Crippen LogP contribution in [-0.2, 0) is 6.42 Å². The topological polar surface area (TPSA) is 89.5 Å². The highest BCUT2D eigenvalue weighted by Gasteiger charge is 2.28. The molecule has 1 amide bonds. The van der Waals surface area contributed by atoms with E-state index < -0.39 is 5.91 Å². The maximum Gasteiger partial charge on any atom is 0.261 e. The van der Waals surface area contributed by atoms with Crippen molar-refractivity contribution in [1.82, 2.24) is 10.3 Å². The van der Waals surface area contributed by atoms with Crippen molar-refractivity contribution in [3.8, 4) is 17.4 Å². The summed E-state index contributed by atoms with van der Waals surface area (Å²) in [7, 11) is 1.62. The van der Waals surface area contributed by atoms with E-state index in [0.717, 1.165) is 29.0 Å². The molecular formula is C32H28ClN3O4. The van der Waals surface area contributed by atoms with Crippen molar-refractivity contribution < 1.29 is 19.1 Å². The molecule has 0 atom stereocenters. The number of nitrogens with one attached hydrogen (secondary N) is 2. The normalized spacial score (nSPS) is 14.6. The molecule has 2 N–H and O–H groups in total. The zero-order valence-corrected chi connectivity index (χ0v) is 23.1. The fraction of sp³-hybridized carbons (Fsp3) is 0.156. The van der Waals surface area contributed by atoms with Gasteiger partial charge in [-0.15, -0.1) is 0 Å². The van der Waals surface area contributed by atoms with Crippen molar-refractivity contribution in [1.29, 1.82) is 0 Å². The van der Waals surface area contributed by atoms with E-state index in [0.29, 0.717) is 22.0 Å². The molecule has 5 rings (SSSR count). The number of aromatic nitrogens is 1. The molecule has 0 aliphatic carbocycles. The Labute approximate surface area is 237 Å². The molecule has 202 valence electrons. The maximum atomic E-state index is 13.4. The summed E-state index contributed by atoms with van der Waals surface area (Å²) in [4.78, 5) is 30.8. The molecule has 40 heavy (non-hydrogen) atoms. The third-order valence-corrected chi connectivity index (χ3v) is 6.69. The summed E-state index contributed by atoms with van der Waals surface area (Å²) in [5.74, 6) is 0.754. The zero-order valence-electron chi connectivity index (χ0n) is 22.3. The summed E-state index contributed by atoms with van der Waals surface area (Å²) in [6.07, 6.45) is 3.96. The molecule has 0 spiro atoms. The minimum atomic E-state index is -0.420. The third kappa shape index (κ3) is 6.16. The number of anilines is 1. The molecule has 0 saturated carbocycles. The van der Waals surface area contributed by atoms with Gasteiger partial charge in [-0.1, -0.05) is 29.8 Å². The Morgan fingerprint density at radius 2 is 1.77 bits per heavy atom. The molecule has 4 aromatic rings. The van der Waals surface area contributed by atoms with Crippen molar-refractivity contribution in [3.63, 3.8) is 0 Å². The number of carbonyl (C=O) groups is 2. The smallest absolute Gasteiger partial charge is 0.261 e. The number of hydrogen-bond acceptors (Lipinski definition) is 6. The molecule has 1 aliphatic rings. The second kappa shape index (κ2) is 11.2. The number of benzene rings is 3. The van der Waals surface area contributed by atoms with Crippen molar-refractivity contribution in [2.45, 2.75) is 25.8 Å². The van der Waals surface area contributed by atoms with Crippen LogP contribution in [0.1, 0.15) is 45.7 Å². The lowest BCUT2D eigenvalue weighted by atomic mass is 9.85. The Balaban J connectivity index is 1.37. The number of halogens is 1. The van der Waals surface area contributed by atoms with Crippen LogP contribution in [0.2, 0.25) is 5.02 Å². The summed E-state index contributed by atoms with van der Waals surface area (Å²) in [6, 6.07) is 22.8. The zero-order chi connectivity index (χ0) is 28.3. The standard InChI is InChI=1S/C32H28ClN3O4/c1-32(2)19-21-9-12-25(39-3)17-27(21)28(36-32)18-29(37)20-6-4-7-23(16-20)35-30(38)26-8-5-15-34-31(26)40-24-13-10-22(33)11-14-24/h4-18,36H,19H2,1-3H3,(H,35,38). The van der Waals surface area contributed by atoms with Gasteiger partial charge in [0.25, 0.3) is 5.91 Å². The molecule has 2 heterocycles. The van der Waals surface area contributed by atoms with Crippen LogP contribution in [0.3, 0.4) is 0 Å². The van der Waals surface area contributed by atoms with Gasteiger partial charge < -0.3 is 20.1 Å². The average Bonchev–Trinajstić information content (AvgIpc) is 2.94. The molecule has 0 bridgehead atoms. The quantitative estimate of drug-likeness (QED) is 0.190. The van der Waals surface area contributed by atoms with Crippen molar-refractivity contribution in [2.24, 2.45) is 0 Å². The lowest BCUT2D eigenvalue weighted by Crippen LogP contribution is -2.43. The van der Waals surface area contributed by atoms with Crippen molar-refractivity contribution in [3.05, 3.63) is 118 Å². The molecule has 0 saturated heterocycles. The molecule has 0 radical (unpaired) electrons. The van der Waals surface area contributed by atoms with E-state index >= 15 is 0 Å². The lowest BCUT2D eigenvalue weighted by molar-refractivity contribution is 0.102. The van der Waals surface area contributed by atoms with Gasteiger partial charge in [-0.3, -0.25) is 9.59 Å². The highest BCUT2D eigenvalue weighted by Crippen LogP contribution is 2.33. The first-order valence-corrected chi connectivity index (χ1v) is 13.1. The van der Waals surface area contributed by atoms with Gasteiger partial charge in [0, 0.05) is 45.3 Å². The minimum Gasteiger partial charge on any atom is -0.497 e. The SMILES string of the molecule is COc1ccc2c(c1)C(=CC(=O)c1cccc(NC(=O)c3cccnc3Oc3ccc(Cl)cc3)c1)NC(C)(C)C2. The summed E-state index contributed by atoms with van der Waals surface area (Å²) in [5, 5.41) is 6.91. The van der Waals surface area contributed by atoms with Crippen molar-refractivity contribution in [2.75, 3.05) is 12.4 Å². The fourth-order valence-electron chi connectivity index (χ4n) is 4.58. The highest BCUT2D eigenvalue weighted by atomic mass is 35.5. The van der Waals surface area contributed by atoms with Crippen LogP contribution in [0.15, 0.2) is 91.1 Å². The Morgan fingerprint density at radius 1 is 1.00 bits per heavy atom. The Morgan fingerprint density at radius 3 is 2.55 bits per heavy atom. The van der Waals surface area contributed by atoms with Gasteiger partial charge in [-0.25, -0.2) is 4.98 Å². The van der Waals surface area contributed by atoms with E-state index in [2.05, 4.69) is 29.5 Å². The molecule has 0 fully saturated rings. The number of pyridine rings is 1.